The number of anilines is 1. The lowest BCUT2D eigenvalue weighted by atomic mass is 9.68. The van der Waals surface area contributed by atoms with E-state index in [1.165, 1.54) is 5.56 Å². The van der Waals surface area contributed by atoms with E-state index in [1.54, 1.807) is 19.2 Å². The average molecular weight is 502 g/mol. The molecule has 4 N–H and O–H groups in total. The molecule has 7 nitrogen and oxygen atoms in total. The van der Waals surface area contributed by atoms with Gasteiger partial charge in [-0.3, -0.25) is 15.3 Å². The molecule has 0 bridgehead atoms. The highest BCUT2D eigenvalue weighted by Gasteiger charge is 2.37. The summed E-state index contributed by atoms with van der Waals surface area (Å²) in [5.41, 5.74) is 8.84. The van der Waals surface area contributed by atoms with Gasteiger partial charge >= 0.3 is 5.97 Å². The fourth-order valence-electron chi connectivity index (χ4n) is 5.12. The predicted octanol–water partition coefficient (Wildman–Crippen LogP) is 4.42. The number of hydrogen-bond donors (Lipinski definition) is 3. The molecule has 0 aliphatic heterocycles. The Morgan fingerprint density at radius 2 is 1.62 bits per heavy atom. The summed E-state index contributed by atoms with van der Waals surface area (Å²) < 4.78 is 10.2. The Kier molecular flexibility index (Phi) is 8.80. The summed E-state index contributed by atoms with van der Waals surface area (Å²) in [5, 5.41) is 6.83. The van der Waals surface area contributed by atoms with E-state index < -0.39 is 0 Å². The summed E-state index contributed by atoms with van der Waals surface area (Å²) in [5.74, 6) is 0.123. The summed E-state index contributed by atoms with van der Waals surface area (Å²) >= 11 is 0. The number of methoxy groups -OCH3 is 1. The zero-order valence-corrected chi connectivity index (χ0v) is 21.2. The maximum atomic E-state index is 13.0. The fraction of sp³-hybridized carbons (Fsp3) is 0.333. The van der Waals surface area contributed by atoms with Crippen LogP contribution < -0.4 is 21.1 Å². The third-order valence-electron chi connectivity index (χ3n) is 7.19. The van der Waals surface area contributed by atoms with Gasteiger partial charge in [0.05, 0.1) is 19.1 Å². The van der Waals surface area contributed by atoms with E-state index in [0.717, 1.165) is 36.9 Å². The second kappa shape index (κ2) is 12.4. The quantitative estimate of drug-likeness (QED) is 0.281. The molecule has 0 heterocycles. The van der Waals surface area contributed by atoms with Crippen LogP contribution in [-0.2, 0) is 21.4 Å². The van der Waals surface area contributed by atoms with Gasteiger partial charge in [0.15, 0.2) is 0 Å². The number of nitrogens with one attached hydrogen (secondary N) is 2. The minimum Gasteiger partial charge on any atom is -0.496 e. The Labute approximate surface area is 218 Å². The molecule has 0 unspecified atom stereocenters. The Bertz CT molecular complexity index is 1170. The summed E-state index contributed by atoms with van der Waals surface area (Å²) in [6.07, 6.45) is 4.06. The van der Waals surface area contributed by atoms with Crippen LogP contribution >= 0.6 is 0 Å². The number of para-hydroxylation sites is 1. The molecule has 1 amide bonds. The number of rotatable bonds is 10. The van der Waals surface area contributed by atoms with Crippen LogP contribution in [0.2, 0.25) is 0 Å². The molecule has 3 aromatic rings. The van der Waals surface area contributed by atoms with Gasteiger partial charge in [-0.1, -0.05) is 54.6 Å². The molecule has 4 rings (SSSR count). The van der Waals surface area contributed by atoms with Gasteiger partial charge in [-0.05, 0) is 61.1 Å². The lowest BCUT2D eigenvalue weighted by Gasteiger charge is -2.41. The standard InChI is InChI=1S/C30H35N3O4/c1-36-27-10-6-5-9-26(27)29(35)32-20-30(23-7-3-2-4-8-23)17-15-25(16-18-30)33-24-13-11-22(12-14-24)19-28(34)37-21-31/h2-14,25,33H,15-21,31H2,1H3,(H,32,35). The number of ether oxygens (including phenoxy) is 2. The lowest BCUT2D eigenvalue weighted by molar-refractivity contribution is -0.142. The molecule has 0 radical (unpaired) electrons. The minimum atomic E-state index is -0.328. The topological polar surface area (TPSA) is 103 Å². The van der Waals surface area contributed by atoms with Gasteiger partial charge < -0.3 is 20.1 Å². The molecular weight excluding hydrogens is 466 g/mol. The Morgan fingerprint density at radius 3 is 2.30 bits per heavy atom. The first-order chi connectivity index (χ1) is 18.0. The third kappa shape index (κ3) is 6.68. The Balaban J connectivity index is 1.40. The highest BCUT2D eigenvalue weighted by atomic mass is 16.5. The molecule has 0 saturated heterocycles. The monoisotopic (exact) mass is 501 g/mol. The van der Waals surface area contributed by atoms with E-state index >= 15 is 0 Å². The average Bonchev–Trinajstić information content (AvgIpc) is 2.94. The van der Waals surface area contributed by atoms with Crippen molar-refractivity contribution in [2.45, 2.75) is 43.6 Å². The van der Waals surface area contributed by atoms with Crippen molar-refractivity contribution in [1.82, 2.24) is 5.32 Å². The van der Waals surface area contributed by atoms with Crippen molar-refractivity contribution in [3.63, 3.8) is 0 Å². The number of carbonyl (C=O) groups excluding carboxylic acids is 2. The van der Waals surface area contributed by atoms with E-state index in [9.17, 15) is 9.59 Å². The van der Waals surface area contributed by atoms with Gasteiger partial charge in [0, 0.05) is 23.7 Å². The largest absolute Gasteiger partial charge is 0.496 e. The Hall–Kier alpha value is -3.84. The van der Waals surface area contributed by atoms with Crippen LogP contribution in [0.15, 0.2) is 78.9 Å². The maximum Gasteiger partial charge on any atom is 0.311 e. The second-order valence-electron chi connectivity index (χ2n) is 9.50. The molecule has 1 saturated carbocycles. The smallest absolute Gasteiger partial charge is 0.311 e. The summed E-state index contributed by atoms with van der Waals surface area (Å²) in [7, 11) is 1.58. The van der Waals surface area contributed by atoms with E-state index in [4.69, 9.17) is 15.2 Å². The first-order valence-electron chi connectivity index (χ1n) is 12.7. The van der Waals surface area contributed by atoms with Crippen LogP contribution in [0.3, 0.4) is 0 Å². The van der Waals surface area contributed by atoms with Crippen LogP contribution in [0.25, 0.3) is 0 Å². The van der Waals surface area contributed by atoms with Gasteiger partial charge in [-0.2, -0.15) is 0 Å². The normalized spacial score (nSPS) is 19.0. The zero-order chi connectivity index (χ0) is 26.1. The number of esters is 1. The van der Waals surface area contributed by atoms with Gasteiger partial charge in [-0.25, -0.2) is 0 Å². The van der Waals surface area contributed by atoms with Crippen molar-refractivity contribution in [1.29, 1.82) is 0 Å². The first kappa shape index (κ1) is 26.2. The lowest BCUT2D eigenvalue weighted by Crippen LogP contribution is -2.45. The van der Waals surface area contributed by atoms with Crippen molar-refractivity contribution < 1.29 is 19.1 Å². The van der Waals surface area contributed by atoms with Crippen molar-refractivity contribution in [3.05, 3.63) is 95.6 Å². The highest BCUT2D eigenvalue weighted by molar-refractivity contribution is 5.97. The van der Waals surface area contributed by atoms with Gasteiger partial charge in [-0.15, -0.1) is 0 Å². The van der Waals surface area contributed by atoms with Crippen LogP contribution in [0, 0.1) is 0 Å². The summed E-state index contributed by atoms with van der Waals surface area (Å²) in [6.45, 7) is 0.461. The van der Waals surface area contributed by atoms with E-state index in [1.807, 2.05) is 42.5 Å². The molecule has 1 aliphatic carbocycles. The first-order valence-corrected chi connectivity index (χ1v) is 12.7. The van der Waals surface area contributed by atoms with Gasteiger partial charge in [0.25, 0.3) is 5.91 Å². The van der Waals surface area contributed by atoms with Crippen LogP contribution in [0.4, 0.5) is 5.69 Å². The van der Waals surface area contributed by atoms with Crippen LogP contribution in [0.1, 0.15) is 47.2 Å². The summed E-state index contributed by atoms with van der Waals surface area (Å²) in [4.78, 5) is 24.7. The van der Waals surface area contributed by atoms with Crippen molar-refractivity contribution in [2.75, 3.05) is 25.7 Å². The zero-order valence-electron chi connectivity index (χ0n) is 21.2. The predicted molar refractivity (Wildman–Crippen MR) is 145 cm³/mol. The molecule has 0 atom stereocenters. The SMILES string of the molecule is COc1ccccc1C(=O)NCC1(c2ccccc2)CCC(Nc2ccc(CC(=O)OCN)cc2)CC1. The van der Waals surface area contributed by atoms with Crippen LogP contribution in [-0.4, -0.2) is 38.3 Å². The summed E-state index contributed by atoms with van der Waals surface area (Å²) in [6, 6.07) is 26.0. The van der Waals surface area contributed by atoms with E-state index in [-0.39, 0.29) is 30.4 Å². The van der Waals surface area contributed by atoms with Gasteiger partial charge in [0.1, 0.15) is 12.5 Å². The number of nitrogens with two attached hydrogens (primary N) is 1. The second-order valence-corrected chi connectivity index (χ2v) is 9.50. The fourth-order valence-corrected chi connectivity index (χ4v) is 5.12. The molecule has 0 aromatic heterocycles. The minimum absolute atomic E-state index is 0.102. The van der Waals surface area contributed by atoms with E-state index in [2.05, 4.69) is 34.9 Å². The number of benzene rings is 3. The molecule has 194 valence electrons. The van der Waals surface area contributed by atoms with Gasteiger partial charge in [0.2, 0.25) is 0 Å². The molecule has 7 heteroatoms. The molecule has 1 fully saturated rings. The molecular formula is C30H35N3O4. The maximum absolute atomic E-state index is 13.0. The Morgan fingerprint density at radius 1 is 0.946 bits per heavy atom. The van der Waals surface area contributed by atoms with Crippen LogP contribution in [0.5, 0.6) is 5.75 Å². The molecule has 1 aliphatic rings. The highest BCUT2D eigenvalue weighted by Crippen LogP contribution is 2.40. The van der Waals surface area contributed by atoms with Crippen molar-refractivity contribution in [2.24, 2.45) is 5.73 Å². The van der Waals surface area contributed by atoms with Crippen molar-refractivity contribution >= 4 is 17.6 Å². The molecule has 37 heavy (non-hydrogen) atoms. The van der Waals surface area contributed by atoms with Crippen molar-refractivity contribution in [3.8, 4) is 5.75 Å². The van der Waals surface area contributed by atoms with E-state index in [0.29, 0.717) is 23.9 Å². The molecule has 3 aromatic carbocycles. The number of carbonyl (C=O) groups is 2. The number of amides is 1. The number of hydrogen-bond acceptors (Lipinski definition) is 6. The third-order valence-corrected chi connectivity index (χ3v) is 7.19. The molecule has 0 spiro atoms.